The van der Waals surface area contributed by atoms with Gasteiger partial charge in [0, 0.05) is 6.07 Å². The molecule has 0 radical (unpaired) electrons. The molecule has 4 aromatic carbocycles. The summed E-state index contributed by atoms with van der Waals surface area (Å²) in [5, 5.41) is 0. The van der Waals surface area contributed by atoms with Gasteiger partial charge in [-0.15, -0.1) is 0 Å². The topological polar surface area (TPSA) is 27.7 Å². The number of rotatable bonds is 10. The van der Waals surface area contributed by atoms with Crippen molar-refractivity contribution in [2.45, 2.75) is 26.4 Å². The van der Waals surface area contributed by atoms with Crippen LogP contribution in [0.4, 0.5) is 0 Å². The molecular formula is C28H26O3. The molecule has 0 heterocycles. The molecule has 3 heteroatoms. The third kappa shape index (κ3) is 6.73. The first kappa shape index (κ1) is 20.7. The van der Waals surface area contributed by atoms with Crippen molar-refractivity contribution in [1.29, 1.82) is 0 Å². The number of benzene rings is 4. The van der Waals surface area contributed by atoms with Crippen molar-refractivity contribution >= 4 is 0 Å². The summed E-state index contributed by atoms with van der Waals surface area (Å²) in [7, 11) is 0. The maximum Gasteiger partial charge on any atom is 0.123 e. The fourth-order valence-electron chi connectivity index (χ4n) is 3.22. The highest BCUT2D eigenvalue weighted by molar-refractivity contribution is 5.38. The van der Waals surface area contributed by atoms with E-state index in [2.05, 4.69) is 36.4 Å². The van der Waals surface area contributed by atoms with Crippen molar-refractivity contribution in [1.82, 2.24) is 0 Å². The normalized spacial score (nSPS) is 10.6. The van der Waals surface area contributed by atoms with Gasteiger partial charge >= 0.3 is 0 Å². The first-order valence-corrected chi connectivity index (χ1v) is 10.4. The van der Waals surface area contributed by atoms with Crippen LogP contribution in [-0.4, -0.2) is 0 Å². The maximum absolute atomic E-state index is 6.05. The summed E-state index contributed by atoms with van der Waals surface area (Å²) < 4.78 is 18.0. The van der Waals surface area contributed by atoms with Gasteiger partial charge in [-0.25, -0.2) is 0 Å². The van der Waals surface area contributed by atoms with Crippen LogP contribution in [-0.2, 0) is 31.2 Å². The smallest absolute Gasteiger partial charge is 0.123 e. The Morgan fingerprint density at radius 2 is 0.774 bits per heavy atom. The molecule has 156 valence electrons. The van der Waals surface area contributed by atoms with E-state index in [4.69, 9.17) is 14.2 Å². The summed E-state index contributed by atoms with van der Waals surface area (Å²) in [6.07, 6.45) is 0. The van der Waals surface area contributed by atoms with E-state index in [-0.39, 0.29) is 0 Å². The third-order valence-corrected chi connectivity index (χ3v) is 4.82. The van der Waals surface area contributed by atoms with E-state index >= 15 is 0 Å². The molecule has 0 atom stereocenters. The number of hydrogen-bond donors (Lipinski definition) is 0. The Hall–Kier alpha value is -3.56. The lowest BCUT2D eigenvalue weighted by molar-refractivity contribution is 0.106. The molecule has 4 aromatic rings. The van der Waals surface area contributed by atoms with Gasteiger partial charge in [0.1, 0.15) is 24.7 Å². The molecule has 0 unspecified atom stereocenters. The Bertz CT molecular complexity index is 986. The van der Waals surface area contributed by atoms with Gasteiger partial charge in [0.15, 0.2) is 0 Å². The lowest BCUT2D eigenvalue weighted by Crippen LogP contribution is -2.00. The summed E-state index contributed by atoms with van der Waals surface area (Å²) in [6.45, 7) is 2.07. The Labute approximate surface area is 183 Å². The van der Waals surface area contributed by atoms with E-state index in [1.807, 2.05) is 72.8 Å². The van der Waals surface area contributed by atoms with Gasteiger partial charge in [-0.2, -0.15) is 0 Å². The standard InChI is InChI=1S/C28H26O3/c1-4-10-23(11-5-1)19-29-20-26-16-27(30-21-24-12-6-2-7-13-24)18-28(17-26)31-22-25-14-8-3-9-15-25/h1-18H,19-22H2. The van der Waals surface area contributed by atoms with Crippen molar-refractivity contribution in [3.05, 3.63) is 131 Å². The number of hydrogen-bond acceptors (Lipinski definition) is 3. The molecule has 0 fully saturated rings. The second-order valence-electron chi connectivity index (χ2n) is 7.34. The SMILES string of the molecule is c1ccc(COCc2cc(OCc3ccccc3)cc(OCc3ccccc3)c2)cc1. The van der Waals surface area contributed by atoms with Gasteiger partial charge in [-0.3, -0.25) is 0 Å². The van der Waals surface area contributed by atoms with E-state index in [9.17, 15) is 0 Å². The van der Waals surface area contributed by atoms with Gasteiger partial charge in [-0.05, 0) is 34.4 Å². The van der Waals surface area contributed by atoms with E-state index in [0.717, 1.165) is 33.8 Å². The van der Waals surface area contributed by atoms with Crippen molar-refractivity contribution in [3.8, 4) is 11.5 Å². The maximum atomic E-state index is 6.05. The van der Waals surface area contributed by atoms with Crippen LogP contribution in [0, 0.1) is 0 Å². The summed E-state index contributed by atoms with van der Waals surface area (Å²) in [4.78, 5) is 0. The first-order chi connectivity index (χ1) is 15.3. The van der Waals surface area contributed by atoms with Crippen LogP contribution in [0.25, 0.3) is 0 Å². The van der Waals surface area contributed by atoms with Crippen LogP contribution in [0.1, 0.15) is 22.3 Å². The second-order valence-corrected chi connectivity index (χ2v) is 7.34. The number of ether oxygens (including phenoxy) is 3. The molecule has 0 amide bonds. The minimum Gasteiger partial charge on any atom is -0.489 e. The lowest BCUT2D eigenvalue weighted by atomic mass is 10.2. The van der Waals surface area contributed by atoms with E-state index < -0.39 is 0 Å². The Morgan fingerprint density at radius 1 is 0.387 bits per heavy atom. The van der Waals surface area contributed by atoms with E-state index in [0.29, 0.717) is 26.4 Å². The fourth-order valence-corrected chi connectivity index (χ4v) is 3.22. The van der Waals surface area contributed by atoms with Gasteiger partial charge in [0.2, 0.25) is 0 Å². The van der Waals surface area contributed by atoms with Gasteiger partial charge < -0.3 is 14.2 Å². The van der Waals surface area contributed by atoms with Crippen LogP contribution in [0.5, 0.6) is 11.5 Å². The summed E-state index contributed by atoms with van der Waals surface area (Å²) in [6, 6.07) is 36.4. The molecule has 0 aromatic heterocycles. The van der Waals surface area contributed by atoms with Crippen molar-refractivity contribution in [2.24, 2.45) is 0 Å². The zero-order valence-electron chi connectivity index (χ0n) is 17.4. The Morgan fingerprint density at radius 3 is 1.23 bits per heavy atom. The predicted octanol–water partition coefficient (Wildman–Crippen LogP) is 6.56. The largest absolute Gasteiger partial charge is 0.489 e. The summed E-state index contributed by atoms with van der Waals surface area (Å²) in [5.41, 5.74) is 4.42. The molecule has 3 nitrogen and oxygen atoms in total. The second kappa shape index (κ2) is 11.0. The lowest BCUT2D eigenvalue weighted by Gasteiger charge is -2.13. The third-order valence-electron chi connectivity index (χ3n) is 4.82. The Kier molecular flexibility index (Phi) is 7.35. The van der Waals surface area contributed by atoms with Crippen LogP contribution in [0.3, 0.4) is 0 Å². The molecule has 0 spiro atoms. The van der Waals surface area contributed by atoms with Crippen LogP contribution < -0.4 is 9.47 Å². The van der Waals surface area contributed by atoms with Crippen molar-refractivity contribution < 1.29 is 14.2 Å². The highest BCUT2D eigenvalue weighted by atomic mass is 16.5. The van der Waals surface area contributed by atoms with Gasteiger partial charge in [-0.1, -0.05) is 91.0 Å². The molecular weight excluding hydrogens is 384 g/mol. The van der Waals surface area contributed by atoms with Crippen molar-refractivity contribution in [2.75, 3.05) is 0 Å². The van der Waals surface area contributed by atoms with Crippen LogP contribution >= 0.6 is 0 Å². The fraction of sp³-hybridized carbons (Fsp3) is 0.143. The average molecular weight is 411 g/mol. The first-order valence-electron chi connectivity index (χ1n) is 10.4. The highest BCUT2D eigenvalue weighted by Gasteiger charge is 2.06. The minimum absolute atomic E-state index is 0.485. The predicted molar refractivity (Wildman–Crippen MR) is 123 cm³/mol. The molecule has 0 aliphatic carbocycles. The zero-order chi connectivity index (χ0) is 21.1. The van der Waals surface area contributed by atoms with Crippen LogP contribution in [0.2, 0.25) is 0 Å². The van der Waals surface area contributed by atoms with Crippen molar-refractivity contribution in [3.63, 3.8) is 0 Å². The molecule has 4 rings (SSSR count). The molecule has 0 saturated carbocycles. The molecule has 0 aliphatic heterocycles. The summed E-state index contributed by atoms with van der Waals surface area (Å²) in [5.74, 6) is 1.54. The van der Waals surface area contributed by atoms with Gasteiger partial charge in [0.25, 0.3) is 0 Å². The quantitative estimate of drug-likeness (QED) is 0.296. The van der Waals surface area contributed by atoms with Gasteiger partial charge in [0.05, 0.1) is 13.2 Å². The molecule has 0 N–H and O–H groups in total. The average Bonchev–Trinajstić information content (AvgIpc) is 2.83. The molecule has 0 bridgehead atoms. The van der Waals surface area contributed by atoms with Crippen LogP contribution in [0.15, 0.2) is 109 Å². The molecule has 0 saturated heterocycles. The minimum atomic E-state index is 0.485. The molecule has 0 aliphatic rings. The highest BCUT2D eigenvalue weighted by Crippen LogP contribution is 2.25. The van der Waals surface area contributed by atoms with E-state index in [1.165, 1.54) is 0 Å². The zero-order valence-corrected chi connectivity index (χ0v) is 17.4. The Balaban J connectivity index is 1.43. The molecule has 31 heavy (non-hydrogen) atoms. The monoisotopic (exact) mass is 410 g/mol. The van der Waals surface area contributed by atoms with E-state index in [1.54, 1.807) is 0 Å². The summed E-state index contributed by atoms with van der Waals surface area (Å²) >= 11 is 0.